The molecule has 0 aliphatic rings. The number of carboxylic acids is 1. The van der Waals surface area contributed by atoms with Gasteiger partial charge in [0.15, 0.2) is 0 Å². The molecule has 0 bridgehead atoms. The van der Waals surface area contributed by atoms with E-state index in [1.807, 2.05) is 13.8 Å². The topological polar surface area (TPSA) is 75.6 Å². The van der Waals surface area contributed by atoms with Crippen molar-refractivity contribution in [2.75, 3.05) is 18.5 Å². The summed E-state index contributed by atoms with van der Waals surface area (Å²) in [4.78, 5) is 23.1. The maximum absolute atomic E-state index is 12.3. The first kappa shape index (κ1) is 18.2. The normalized spacial score (nSPS) is 12.0. The number of hydrogen-bond donors (Lipinski definition) is 2. The van der Waals surface area contributed by atoms with Crippen LogP contribution >= 0.6 is 0 Å². The van der Waals surface area contributed by atoms with Crippen molar-refractivity contribution in [1.82, 2.24) is 0 Å². The molecule has 0 unspecified atom stereocenters. The van der Waals surface area contributed by atoms with E-state index in [4.69, 9.17) is 9.84 Å². The highest BCUT2D eigenvalue weighted by Crippen LogP contribution is 2.21. The SMILES string of the molecule is CC(C)(C)COCC(C)(C)C(=O)Nc1ccc(C(=O)O)cc1. The molecule has 1 aromatic rings. The van der Waals surface area contributed by atoms with Gasteiger partial charge in [-0.1, -0.05) is 20.8 Å². The van der Waals surface area contributed by atoms with Gasteiger partial charge in [0.05, 0.1) is 24.2 Å². The summed E-state index contributed by atoms with van der Waals surface area (Å²) < 4.78 is 5.63. The number of carbonyl (C=O) groups excluding carboxylic acids is 1. The Kier molecular flexibility index (Phi) is 5.72. The molecule has 5 nitrogen and oxygen atoms in total. The Labute approximate surface area is 131 Å². The average molecular weight is 307 g/mol. The van der Waals surface area contributed by atoms with Crippen LogP contribution in [0.15, 0.2) is 24.3 Å². The minimum atomic E-state index is -0.992. The molecule has 0 saturated heterocycles. The van der Waals surface area contributed by atoms with Crippen LogP contribution in [0.2, 0.25) is 0 Å². The highest BCUT2D eigenvalue weighted by atomic mass is 16.5. The summed E-state index contributed by atoms with van der Waals surface area (Å²) in [6, 6.07) is 6.07. The molecule has 2 N–H and O–H groups in total. The molecule has 0 saturated carbocycles. The fourth-order valence-electron chi connectivity index (χ4n) is 1.67. The van der Waals surface area contributed by atoms with Crippen LogP contribution in [-0.4, -0.2) is 30.2 Å². The Morgan fingerprint density at radius 1 is 1.05 bits per heavy atom. The van der Waals surface area contributed by atoms with Gasteiger partial charge in [-0.2, -0.15) is 0 Å². The van der Waals surface area contributed by atoms with Gasteiger partial charge in [-0.25, -0.2) is 4.79 Å². The molecular weight excluding hydrogens is 282 g/mol. The first-order valence-electron chi connectivity index (χ1n) is 7.24. The molecular formula is C17H25NO4. The van der Waals surface area contributed by atoms with Gasteiger partial charge in [-0.15, -0.1) is 0 Å². The lowest BCUT2D eigenvalue weighted by Gasteiger charge is -2.26. The highest BCUT2D eigenvalue weighted by Gasteiger charge is 2.28. The summed E-state index contributed by atoms with van der Waals surface area (Å²) in [6.45, 7) is 10.8. The molecule has 0 heterocycles. The van der Waals surface area contributed by atoms with Crippen molar-refractivity contribution in [3.05, 3.63) is 29.8 Å². The quantitative estimate of drug-likeness (QED) is 0.844. The van der Waals surface area contributed by atoms with Gasteiger partial charge in [0, 0.05) is 5.69 Å². The third-order valence-electron chi connectivity index (χ3n) is 3.00. The number of amides is 1. The highest BCUT2D eigenvalue weighted by molar-refractivity contribution is 5.95. The molecule has 0 radical (unpaired) electrons. The molecule has 5 heteroatoms. The van der Waals surface area contributed by atoms with E-state index < -0.39 is 11.4 Å². The fourth-order valence-corrected chi connectivity index (χ4v) is 1.67. The fraction of sp³-hybridized carbons (Fsp3) is 0.529. The molecule has 1 amide bonds. The van der Waals surface area contributed by atoms with Crippen molar-refractivity contribution in [2.45, 2.75) is 34.6 Å². The second-order valence-electron chi connectivity index (χ2n) is 7.27. The standard InChI is InChI=1S/C17H25NO4/c1-16(2,3)10-22-11-17(4,5)15(21)18-13-8-6-12(7-9-13)14(19)20/h6-9H,10-11H2,1-5H3,(H,18,21)(H,19,20). The number of carboxylic acid groups (broad SMARTS) is 1. The lowest BCUT2D eigenvalue weighted by molar-refractivity contribution is -0.127. The van der Waals surface area contributed by atoms with Gasteiger partial charge >= 0.3 is 5.97 Å². The smallest absolute Gasteiger partial charge is 0.335 e. The summed E-state index contributed by atoms with van der Waals surface area (Å²) in [5.41, 5.74) is 0.139. The number of aromatic carboxylic acids is 1. The van der Waals surface area contributed by atoms with Crippen molar-refractivity contribution in [3.63, 3.8) is 0 Å². The average Bonchev–Trinajstić information content (AvgIpc) is 2.37. The summed E-state index contributed by atoms with van der Waals surface area (Å²) in [5, 5.41) is 11.6. The molecule has 1 rings (SSSR count). The van der Waals surface area contributed by atoms with Crippen molar-refractivity contribution in [1.29, 1.82) is 0 Å². The van der Waals surface area contributed by atoms with Gasteiger partial charge in [-0.3, -0.25) is 4.79 Å². The minimum absolute atomic E-state index is 0.0548. The van der Waals surface area contributed by atoms with Gasteiger partial charge in [0.2, 0.25) is 5.91 Å². The van der Waals surface area contributed by atoms with Crippen LogP contribution in [0.25, 0.3) is 0 Å². The lowest BCUT2D eigenvalue weighted by Crippen LogP contribution is -2.36. The number of hydrogen-bond acceptors (Lipinski definition) is 3. The van der Waals surface area contributed by atoms with Crippen molar-refractivity contribution < 1.29 is 19.4 Å². The van der Waals surface area contributed by atoms with Crippen molar-refractivity contribution >= 4 is 17.6 Å². The summed E-state index contributed by atoms with van der Waals surface area (Å²) in [5.74, 6) is -1.15. The predicted molar refractivity (Wildman–Crippen MR) is 86.1 cm³/mol. The second kappa shape index (κ2) is 6.92. The summed E-state index contributed by atoms with van der Waals surface area (Å²) in [6.07, 6.45) is 0. The van der Waals surface area contributed by atoms with E-state index in [0.717, 1.165) is 0 Å². The van der Waals surface area contributed by atoms with E-state index in [0.29, 0.717) is 18.9 Å². The molecule has 0 aliphatic carbocycles. The number of nitrogens with one attached hydrogen (secondary N) is 1. The molecule has 0 atom stereocenters. The van der Waals surface area contributed by atoms with Crippen LogP contribution in [0.5, 0.6) is 0 Å². The zero-order valence-electron chi connectivity index (χ0n) is 13.9. The van der Waals surface area contributed by atoms with Crippen LogP contribution < -0.4 is 5.32 Å². The number of anilines is 1. The van der Waals surface area contributed by atoms with E-state index in [1.54, 1.807) is 12.1 Å². The number of benzene rings is 1. The monoisotopic (exact) mass is 307 g/mol. The van der Waals surface area contributed by atoms with Crippen molar-refractivity contribution in [3.8, 4) is 0 Å². The summed E-state index contributed by atoms with van der Waals surface area (Å²) >= 11 is 0. The largest absolute Gasteiger partial charge is 0.478 e. The molecule has 0 aromatic heterocycles. The maximum Gasteiger partial charge on any atom is 0.335 e. The Morgan fingerprint density at radius 2 is 1.59 bits per heavy atom. The molecule has 22 heavy (non-hydrogen) atoms. The van der Waals surface area contributed by atoms with E-state index in [9.17, 15) is 9.59 Å². The third kappa shape index (κ3) is 5.85. The summed E-state index contributed by atoms with van der Waals surface area (Å²) in [7, 11) is 0. The van der Waals surface area contributed by atoms with E-state index in [-0.39, 0.29) is 16.9 Å². The minimum Gasteiger partial charge on any atom is -0.478 e. The van der Waals surface area contributed by atoms with E-state index >= 15 is 0 Å². The Bertz CT molecular complexity index is 527. The van der Waals surface area contributed by atoms with Crippen molar-refractivity contribution in [2.24, 2.45) is 10.8 Å². The maximum atomic E-state index is 12.3. The van der Waals surface area contributed by atoms with Crippen LogP contribution in [0.3, 0.4) is 0 Å². The first-order chi connectivity index (χ1) is 10.0. The third-order valence-corrected chi connectivity index (χ3v) is 3.00. The Morgan fingerprint density at radius 3 is 2.05 bits per heavy atom. The molecule has 0 fully saturated rings. The zero-order valence-corrected chi connectivity index (χ0v) is 13.9. The van der Waals surface area contributed by atoms with Gasteiger partial charge in [0.25, 0.3) is 0 Å². The predicted octanol–water partition coefficient (Wildman–Crippen LogP) is 3.41. The van der Waals surface area contributed by atoms with Gasteiger partial charge in [0.1, 0.15) is 0 Å². The number of rotatable bonds is 6. The van der Waals surface area contributed by atoms with Gasteiger partial charge in [-0.05, 0) is 43.5 Å². The van der Waals surface area contributed by atoms with Crippen LogP contribution in [-0.2, 0) is 9.53 Å². The van der Waals surface area contributed by atoms with Crippen LogP contribution in [0, 0.1) is 10.8 Å². The second-order valence-corrected chi connectivity index (χ2v) is 7.27. The molecule has 122 valence electrons. The van der Waals surface area contributed by atoms with E-state index in [2.05, 4.69) is 26.1 Å². The first-order valence-corrected chi connectivity index (χ1v) is 7.24. The zero-order chi connectivity index (χ0) is 17.0. The Balaban J connectivity index is 2.60. The molecule has 0 spiro atoms. The number of carbonyl (C=O) groups is 2. The van der Waals surface area contributed by atoms with Crippen LogP contribution in [0.1, 0.15) is 45.0 Å². The van der Waals surface area contributed by atoms with Gasteiger partial charge < -0.3 is 15.2 Å². The number of ether oxygens (including phenoxy) is 1. The van der Waals surface area contributed by atoms with E-state index in [1.165, 1.54) is 12.1 Å². The van der Waals surface area contributed by atoms with Crippen LogP contribution in [0.4, 0.5) is 5.69 Å². The Hall–Kier alpha value is -1.88. The lowest BCUT2D eigenvalue weighted by atomic mass is 9.93. The molecule has 1 aromatic carbocycles. The molecule has 0 aliphatic heterocycles.